The Morgan fingerprint density at radius 3 is 0.673 bits per heavy atom. The first-order chi connectivity index (χ1) is 48.7. The van der Waals surface area contributed by atoms with Crippen LogP contribution < -0.4 is 0 Å². The van der Waals surface area contributed by atoms with Gasteiger partial charge in [-0.05, 0) is 43.4 Å². The summed E-state index contributed by atoms with van der Waals surface area (Å²) in [6, 6.07) is 0. The summed E-state index contributed by atoms with van der Waals surface area (Å²) >= 11 is 0. The lowest BCUT2D eigenvalue weighted by Crippen LogP contribution is -2.30. The zero-order valence-corrected chi connectivity index (χ0v) is 68.2. The molecule has 0 aromatic rings. The van der Waals surface area contributed by atoms with Crippen molar-refractivity contribution in [1.82, 2.24) is 0 Å². The van der Waals surface area contributed by atoms with Crippen LogP contribution in [0.1, 0.15) is 427 Å². The largest absolute Gasteiger partial charge is 0.472 e. The van der Waals surface area contributed by atoms with Gasteiger partial charge in [-0.15, -0.1) is 0 Å². The molecule has 0 bridgehead atoms. The summed E-state index contributed by atoms with van der Waals surface area (Å²) in [6.07, 6.45) is 61.0. The van der Waals surface area contributed by atoms with Gasteiger partial charge in [-0.2, -0.15) is 0 Å². The Labute approximate surface area is 619 Å². The zero-order valence-electron chi connectivity index (χ0n) is 66.4. The molecule has 0 aliphatic heterocycles. The average molecular weight is 1480 g/mol. The van der Waals surface area contributed by atoms with Crippen LogP contribution in [0.15, 0.2) is 0 Å². The predicted molar refractivity (Wildman–Crippen MR) is 414 cm³/mol. The molecule has 2 unspecified atom stereocenters. The van der Waals surface area contributed by atoms with Gasteiger partial charge in [0.1, 0.15) is 19.3 Å². The third-order valence-electron chi connectivity index (χ3n) is 19.1. The smallest absolute Gasteiger partial charge is 0.462 e. The molecule has 0 aliphatic rings. The second kappa shape index (κ2) is 72.3. The van der Waals surface area contributed by atoms with E-state index in [4.69, 9.17) is 37.0 Å². The standard InChI is InChI=1S/C82H160O17P2/c1-8-9-10-11-12-13-14-15-16-17-18-19-24-30-35-44-51-58-65-81(86)98-77(69-92-79(84)63-56-49-42-34-29-23-21-20-22-27-32-39-46-53-60-73(2)3)71-96-100(88,89)94-67-76(83)68-95-101(90,91)97-72-78(70-93-80(85)64-57-50-43-38-37-41-48-55-62-75(6)7)99-82(87)66-59-52-45-36-31-26-25-28-33-40-47-54-61-74(4)5/h73-78,83H,8-72H2,1-7H3,(H,88,89)(H,90,91)/t76-,77-,78-/m1/s1. The van der Waals surface area contributed by atoms with E-state index in [9.17, 15) is 43.2 Å². The Balaban J connectivity index is 5.26. The summed E-state index contributed by atoms with van der Waals surface area (Å²) in [5, 5.41) is 10.7. The van der Waals surface area contributed by atoms with Crippen molar-refractivity contribution >= 4 is 39.5 Å². The molecule has 3 N–H and O–H groups in total. The third-order valence-corrected chi connectivity index (χ3v) is 21.0. The predicted octanol–water partition coefficient (Wildman–Crippen LogP) is 24.5. The number of hydrogen-bond acceptors (Lipinski definition) is 15. The van der Waals surface area contributed by atoms with E-state index in [1.165, 1.54) is 238 Å². The number of esters is 4. The van der Waals surface area contributed by atoms with Crippen LogP contribution >= 0.6 is 15.6 Å². The fraction of sp³-hybridized carbons (Fsp3) is 0.951. The summed E-state index contributed by atoms with van der Waals surface area (Å²) in [5.74, 6) is 0.193. The topological polar surface area (TPSA) is 237 Å². The quantitative estimate of drug-likeness (QED) is 0.0222. The molecular weight excluding hydrogens is 1320 g/mol. The Bertz CT molecular complexity index is 1960. The van der Waals surface area contributed by atoms with Crippen molar-refractivity contribution in [2.45, 2.75) is 446 Å². The van der Waals surface area contributed by atoms with Crippen LogP contribution in [-0.2, 0) is 65.4 Å². The van der Waals surface area contributed by atoms with Crippen molar-refractivity contribution in [2.75, 3.05) is 39.6 Å². The van der Waals surface area contributed by atoms with E-state index in [0.29, 0.717) is 25.7 Å². The van der Waals surface area contributed by atoms with Gasteiger partial charge in [0, 0.05) is 25.7 Å². The van der Waals surface area contributed by atoms with Crippen molar-refractivity contribution in [1.29, 1.82) is 0 Å². The molecule has 0 rings (SSSR count). The van der Waals surface area contributed by atoms with Crippen LogP contribution in [0.25, 0.3) is 0 Å². The van der Waals surface area contributed by atoms with Crippen molar-refractivity contribution in [3.8, 4) is 0 Å². The fourth-order valence-electron chi connectivity index (χ4n) is 12.7. The first kappa shape index (κ1) is 99.1. The van der Waals surface area contributed by atoms with Crippen LogP contribution in [0.2, 0.25) is 0 Å². The first-order valence-electron chi connectivity index (χ1n) is 42.3. The summed E-state index contributed by atoms with van der Waals surface area (Å²) in [6.45, 7) is 11.9. The number of carbonyl (C=O) groups is 4. The number of carbonyl (C=O) groups excluding carboxylic acids is 4. The van der Waals surface area contributed by atoms with E-state index in [2.05, 4.69) is 48.5 Å². The summed E-state index contributed by atoms with van der Waals surface area (Å²) in [5.41, 5.74) is 0. The Hall–Kier alpha value is -1.94. The molecule has 0 aromatic heterocycles. The van der Waals surface area contributed by atoms with E-state index in [1.807, 2.05) is 0 Å². The third kappa shape index (κ3) is 76.1. The molecule has 0 heterocycles. The molecule has 5 atom stereocenters. The van der Waals surface area contributed by atoms with E-state index in [-0.39, 0.29) is 25.7 Å². The molecule has 0 amide bonds. The maximum atomic E-state index is 13.1. The van der Waals surface area contributed by atoms with Gasteiger partial charge in [0.05, 0.1) is 26.4 Å². The van der Waals surface area contributed by atoms with Gasteiger partial charge < -0.3 is 33.8 Å². The summed E-state index contributed by atoms with van der Waals surface area (Å²) in [7, 11) is -9.92. The molecule has 19 heteroatoms. The molecule has 0 fully saturated rings. The van der Waals surface area contributed by atoms with E-state index >= 15 is 0 Å². The summed E-state index contributed by atoms with van der Waals surface area (Å²) in [4.78, 5) is 73.1. The number of phosphoric acid groups is 2. The van der Waals surface area contributed by atoms with Crippen LogP contribution in [-0.4, -0.2) is 96.7 Å². The maximum absolute atomic E-state index is 13.1. The molecule has 0 radical (unpaired) electrons. The molecule has 17 nitrogen and oxygen atoms in total. The SMILES string of the molecule is CCCCCCCCCCCCCCCCCCCCC(=O)O[C@H](COC(=O)CCCCCCCCCCCCCCCCC(C)C)COP(=O)(O)OC[C@@H](O)COP(=O)(O)OC[C@@H](COC(=O)CCCCCCCCCCC(C)C)OC(=O)CCCCCCCCCCCCCCC(C)C. The lowest BCUT2D eigenvalue weighted by Gasteiger charge is -2.21. The highest BCUT2D eigenvalue weighted by molar-refractivity contribution is 7.47. The van der Waals surface area contributed by atoms with Crippen LogP contribution in [0.5, 0.6) is 0 Å². The van der Waals surface area contributed by atoms with Gasteiger partial charge >= 0.3 is 39.5 Å². The Kier molecular flexibility index (Phi) is 70.9. The van der Waals surface area contributed by atoms with Gasteiger partial charge in [0.25, 0.3) is 0 Å². The van der Waals surface area contributed by atoms with E-state index in [1.54, 1.807) is 0 Å². The number of ether oxygens (including phenoxy) is 4. The molecule has 0 saturated carbocycles. The summed E-state index contributed by atoms with van der Waals surface area (Å²) < 4.78 is 68.8. The van der Waals surface area contributed by atoms with Gasteiger partial charge in [0.2, 0.25) is 0 Å². The average Bonchev–Trinajstić information content (AvgIpc) is 0.924. The normalized spacial score (nSPS) is 14.0. The molecule has 0 aliphatic carbocycles. The van der Waals surface area contributed by atoms with Crippen LogP contribution in [0.4, 0.5) is 0 Å². The van der Waals surface area contributed by atoms with Crippen molar-refractivity contribution in [3.63, 3.8) is 0 Å². The van der Waals surface area contributed by atoms with Gasteiger partial charge in [-0.3, -0.25) is 37.3 Å². The first-order valence-corrected chi connectivity index (χ1v) is 45.3. The number of rotatable bonds is 80. The second-order valence-corrected chi connectivity index (χ2v) is 33.8. The number of unbranched alkanes of at least 4 members (excludes halogenated alkanes) is 48. The highest BCUT2D eigenvalue weighted by Crippen LogP contribution is 2.45. The number of aliphatic hydroxyl groups excluding tert-OH is 1. The van der Waals surface area contributed by atoms with Crippen LogP contribution in [0, 0.1) is 17.8 Å². The maximum Gasteiger partial charge on any atom is 0.472 e. The van der Waals surface area contributed by atoms with Gasteiger partial charge in [-0.1, -0.05) is 376 Å². The molecular formula is C82H160O17P2. The van der Waals surface area contributed by atoms with Crippen molar-refractivity contribution < 1.29 is 80.2 Å². The number of hydrogen-bond donors (Lipinski definition) is 3. The lowest BCUT2D eigenvalue weighted by molar-refractivity contribution is -0.161. The van der Waals surface area contributed by atoms with Gasteiger partial charge in [0.15, 0.2) is 12.2 Å². The number of phosphoric ester groups is 2. The molecule has 101 heavy (non-hydrogen) atoms. The van der Waals surface area contributed by atoms with Crippen molar-refractivity contribution in [3.05, 3.63) is 0 Å². The van der Waals surface area contributed by atoms with Crippen molar-refractivity contribution in [2.24, 2.45) is 17.8 Å². The van der Waals surface area contributed by atoms with Gasteiger partial charge in [-0.25, -0.2) is 9.13 Å². The molecule has 0 spiro atoms. The minimum Gasteiger partial charge on any atom is -0.462 e. The van der Waals surface area contributed by atoms with E-state index in [0.717, 1.165) is 108 Å². The highest BCUT2D eigenvalue weighted by atomic mass is 31.2. The molecule has 0 aromatic carbocycles. The Morgan fingerprint density at radius 1 is 0.267 bits per heavy atom. The number of aliphatic hydroxyl groups is 1. The van der Waals surface area contributed by atoms with Crippen LogP contribution in [0.3, 0.4) is 0 Å². The zero-order chi connectivity index (χ0) is 74.4. The fourth-order valence-corrected chi connectivity index (χ4v) is 14.2. The molecule has 600 valence electrons. The minimum absolute atomic E-state index is 0.106. The van der Waals surface area contributed by atoms with E-state index < -0.39 is 97.5 Å². The monoisotopic (exact) mass is 1480 g/mol. The second-order valence-electron chi connectivity index (χ2n) is 30.9. The Morgan fingerprint density at radius 2 is 0.455 bits per heavy atom. The minimum atomic E-state index is -4.96. The highest BCUT2D eigenvalue weighted by Gasteiger charge is 2.30. The molecule has 0 saturated heterocycles. The lowest BCUT2D eigenvalue weighted by atomic mass is 10.0.